The Hall–Kier alpha value is -1.99. The number of hydrogen-bond acceptors (Lipinski definition) is 4. The monoisotopic (exact) mass is 205 g/mol. The molecule has 1 aromatic rings. The van der Waals surface area contributed by atoms with Crippen LogP contribution in [-0.2, 0) is 4.74 Å². The third kappa shape index (κ3) is 2.73. The molecule has 15 heavy (non-hydrogen) atoms. The molecule has 0 radical (unpaired) electrons. The molecule has 0 saturated carbocycles. The van der Waals surface area contributed by atoms with Crippen molar-refractivity contribution in [3.05, 3.63) is 29.3 Å². The summed E-state index contributed by atoms with van der Waals surface area (Å²) in [5, 5.41) is 8.52. The summed E-state index contributed by atoms with van der Waals surface area (Å²) >= 11 is 0. The Morgan fingerprint density at radius 2 is 2.33 bits per heavy atom. The lowest BCUT2D eigenvalue weighted by atomic mass is 10.1. The molecule has 0 aromatic heterocycles. The van der Waals surface area contributed by atoms with E-state index in [1.54, 1.807) is 12.1 Å². The molecule has 0 saturated heterocycles. The van der Waals surface area contributed by atoms with Gasteiger partial charge in [0.05, 0.1) is 12.7 Å². The Morgan fingerprint density at radius 3 is 2.93 bits per heavy atom. The minimum absolute atomic E-state index is 0.224. The third-order valence-corrected chi connectivity index (χ3v) is 1.77. The van der Waals surface area contributed by atoms with Gasteiger partial charge in [-0.15, -0.1) is 0 Å². The van der Waals surface area contributed by atoms with Gasteiger partial charge in [0.1, 0.15) is 6.61 Å². The van der Waals surface area contributed by atoms with Crippen LogP contribution in [0.25, 0.3) is 0 Å². The molecule has 0 aliphatic carbocycles. The zero-order valence-electron chi connectivity index (χ0n) is 8.28. The van der Waals surface area contributed by atoms with E-state index in [0.717, 1.165) is 0 Å². The molecule has 0 unspecified atom stereocenters. The lowest BCUT2D eigenvalue weighted by Gasteiger charge is -2.03. The van der Waals surface area contributed by atoms with E-state index < -0.39 is 5.97 Å². The summed E-state index contributed by atoms with van der Waals surface area (Å²) < 4.78 is 4.56. The second-order valence-corrected chi connectivity index (χ2v) is 2.75. The Kier molecular flexibility index (Phi) is 3.72. The van der Waals surface area contributed by atoms with Gasteiger partial charge in [0.2, 0.25) is 0 Å². The lowest BCUT2D eigenvalue weighted by molar-refractivity contribution is 0.0602. The van der Waals surface area contributed by atoms with Crippen molar-refractivity contribution in [2.75, 3.05) is 19.5 Å². The first kappa shape index (κ1) is 11.1. The van der Waals surface area contributed by atoms with Crippen molar-refractivity contribution < 1.29 is 14.6 Å². The van der Waals surface area contributed by atoms with E-state index in [-0.39, 0.29) is 12.2 Å². The maximum atomic E-state index is 11.3. The molecule has 0 aliphatic rings. The maximum Gasteiger partial charge on any atom is 0.339 e. The number of anilines is 1. The highest BCUT2D eigenvalue weighted by molar-refractivity contribution is 5.95. The summed E-state index contributed by atoms with van der Waals surface area (Å²) in [7, 11) is 1.29. The molecular weight excluding hydrogens is 194 g/mol. The van der Waals surface area contributed by atoms with E-state index in [4.69, 9.17) is 10.8 Å². The van der Waals surface area contributed by atoms with Gasteiger partial charge in [-0.25, -0.2) is 4.79 Å². The van der Waals surface area contributed by atoms with Crippen LogP contribution in [0.15, 0.2) is 18.2 Å². The summed E-state index contributed by atoms with van der Waals surface area (Å²) in [5.41, 5.74) is 6.83. The number of carbonyl (C=O) groups excluding carboxylic acids is 1. The number of hydrogen-bond donors (Lipinski definition) is 2. The quantitative estimate of drug-likeness (QED) is 0.395. The fraction of sp³-hybridized carbons (Fsp3) is 0.182. The van der Waals surface area contributed by atoms with Crippen LogP contribution in [0.4, 0.5) is 5.69 Å². The number of methoxy groups -OCH3 is 1. The number of rotatable bonds is 1. The van der Waals surface area contributed by atoms with E-state index in [9.17, 15) is 4.79 Å². The van der Waals surface area contributed by atoms with Crippen molar-refractivity contribution in [2.24, 2.45) is 0 Å². The summed E-state index contributed by atoms with van der Waals surface area (Å²) in [5.74, 6) is 4.66. The second kappa shape index (κ2) is 5.03. The molecule has 3 N–H and O–H groups in total. The average Bonchev–Trinajstić information content (AvgIpc) is 2.27. The number of aliphatic hydroxyl groups is 1. The molecule has 0 amide bonds. The zero-order valence-corrected chi connectivity index (χ0v) is 8.28. The summed E-state index contributed by atoms with van der Waals surface area (Å²) in [4.78, 5) is 11.3. The smallest absolute Gasteiger partial charge is 0.339 e. The Bertz CT molecular complexity index is 429. The van der Waals surface area contributed by atoms with Crippen LogP contribution >= 0.6 is 0 Å². The highest BCUT2D eigenvalue weighted by atomic mass is 16.5. The predicted molar refractivity (Wildman–Crippen MR) is 56.2 cm³/mol. The molecule has 0 bridgehead atoms. The van der Waals surface area contributed by atoms with Gasteiger partial charge in [0.25, 0.3) is 0 Å². The highest BCUT2D eigenvalue weighted by Gasteiger charge is 2.09. The third-order valence-electron chi connectivity index (χ3n) is 1.77. The van der Waals surface area contributed by atoms with Gasteiger partial charge in [0.15, 0.2) is 0 Å². The number of benzene rings is 1. The van der Waals surface area contributed by atoms with E-state index in [0.29, 0.717) is 11.3 Å². The van der Waals surface area contributed by atoms with E-state index in [1.165, 1.54) is 13.2 Å². The van der Waals surface area contributed by atoms with E-state index >= 15 is 0 Å². The van der Waals surface area contributed by atoms with Crippen LogP contribution in [0.5, 0.6) is 0 Å². The number of esters is 1. The van der Waals surface area contributed by atoms with Crippen molar-refractivity contribution >= 4 is 11.7 Å². The first-order valence-corrected chi connectivity index (χ1v) is 4.26. The SMILES string of the molecule is COC(=O)c1cc(C#CCO)ccc1N. The first-order chi connectivity index (χ1) is 7.19. The zero-order chi connectivity index (χ0) is 11.3. The van der Waals surface area contributed by atoms with Crippen LogP contribution in [0.3, 0.4) is 0 Å². The van der Waals surface area contributed by atoms with Gasteiger partial charge in [-0.3, -0.25) is 0 Å². The molecule has 0 spiro atoms. The van der Waals surface area contributed by atoms with Gasteiger partial charge in [-0.05, 0) is 18.2 Å². The standard InChI is InChI=1S/C11H11NO3/c1-15-11(14)9-7-8(3-2-6-13)4-5-10(9)12/h4-5,7,13H,6,12H2,1H3. The second-order valence-electron chi connectivity index (χ2n) is 2.75. The highest BCUT2D eigenvalue weighted by Crippen LogP contribution is 2.14. The van der Waals surface area contributed by atoms with Gasteiger partial charge >= 0.3 is 5.97 Å². The summed E-state index contributed by atoms with van der Waals surface area (Å²) in [6.45, 7) is -0.224. The minimum atomic E-state index is -0.500. The summed E-state index contributed by atoms with van der Waals surface area (Å²) in [6.07, 6.45) is 0. The molecule has 0 atom stereocenters. The largest absolute Gasteiger partial charge is 0.465 e. The molecular formula is C11H11NO3. The molecule has 4 heteroatoms. The van der Waals surface area contributed by atoms with Crippen LogP contribution < -0.4 is 5.73 Å². The Balaban J connectivity index is 3.10. The molecule has 1 aromatic carbocycles. The minimum Gasteiger partial charge on any atom is -0.465 e. The Morgan fingerprint density at radius 1 is 1.60 bits per heavy atom. The number of nitrogens with two attached hydrogens (primary N) is 1. The Labute approximate surface area is 87.7 Å². The fourth-order valence-corrected chi connectivity index (χ4v) is 1.06. The first-order valence-electron chi connectivity index (χ1n) is 4.26. The van der Waals surface area contributed by atoms with Crippen LogP contribution in [0.2, 0.25) is 0 Å². The number of aliphatic hydroxyl groups excluding tert-OH is 1. The normalized spacial score (nSPS) is 8.93. The van der Waals surface area contributed by atoms with Crippen LogP contribution in [0, 0.1) is 11.8 Å². The molecule has 0 heterocycles. The fourth-order valence-electron chi connectivity index (χ4n) is 1.06. The molecule has 1 rings (SSSR count). The predicted octanol–water partition coefficient (Wildman–Crippen LogP) is 0.399. The molecule has 4 nitrogen and oxygen atoms in total. The number of carbonyl (C=O) groups is 1. The van der Waals surface area contributed by atoms with E-state index in [1.807, 2.05) is 0 Å². The van der Waals surface area contributed by atoms with Gasteiger partial charge in [-0.2, -0.15) is 0 Å². The average molecular weight is 205 g/mol. The summed E-state index contributed by atoms with van der Waals surface area (Å²) in [6, 6.07) is 4.78. The molecule has 0 aliphatic heterocycles. The topological polar surface area (TPSA) is 72.5 Å². The van der Waals surface area contributed by atoms with Crippen molar-refractivity contribution in [3.63, 3.8) is 0 Å². The molecule has 78 valence electrons. The van der Waals surface area contributed by atoms with Crippen molar-refractivity contribution in [2.45, 2.75) is 0 Å². The maximum absolute atomic E-state index is 11.3. The number of nitrogen functional groups attached to an aromatic ring is 1. The van der Waals surface area contributed by atoms with Gasteiger partial charge in [0, 0.05) is 11.3 Å². The van der Waals surface area contributed by atoms with Crippen molar-refractivity contribution in [1.29, 1.82) is 0 Å². The molecule has 0 fully saturated rings. The lowest BCUT2D eigenvalue weighted by Crippen LogP contribution is -2.05. The van der Waals surface area contributed by atoms with Gasteiger partial charge in [-0.1, -0.05) is 11.8 Å². The van der Waals surface area contributed by atoms with Gasteiger partial charge < -0.3 is 15.6 Å². The van der Waals surface area contributed by atoms with Crippen molar-refractivity contribution in [1.82, 2.24) is 0 Å². The van der Waals surface area contributed by atoms with Crippen LogP contribution in [0.1, 0.15) is 15.9 Å². The van der Waals surface area contributed by atoms with Crippen LogP contribution in [-0.4, -0.2) is 24.8 Å². The van der Waals surface area contributed by atoms with Crippen molar-refractivity contribution in [3.8, 4) is 11.8 Å². The number of ether oxygens (including phenoxy) is 1. The van der Waals surface area contributed by atoms with E-state index in [2.05, 4.69) is 16.6 Å².